The first-order valence-corrected chi connectivity index (χ1v) is 5.26. The van der Waals surface area contributed by atoms with E-state index in [0.29, 0.717) is 5.75 Å². The summed E-state index contributed by atoms with van der Waals surface area (Å²) in [7, 11) is 0. The van der Waals surface area contributed by atoms with E-state index in [4.69, 9.17) is 9.24 Å². The molecule has 0 aliphatic carbocycles. The predicted octanol–water partition coefficient (Wildman–Crippen LogP) is 0.653. The zero-order valence-corrected chi connectivity index (χ0v) is 10.8. The summed E-state index contributed by atoms with van der Waals surface area (Å²) < 4.78 is 8.22. The van der Waals surface area contributed by atoms with Crippen molar-refractivity contribution in [2.45, 2.75) is 13.0 Å². The van der Waals surface area contributed by atoms with Gasteiger partial charge in [0.1, 0.15) is 0 Å². The van der Waals surface area contributed by atoms with Crippen LogP contribution in [0.2, 0.25) is 0 Å². The van der Waals surface area contributed by atoms with Crippen LogP contribution in [0.15, 0.2) is 0 Å². The van der Waals surface area contributed by atoms with E-state index in [1.807, 2.05) is 0 Å². The maximum atomic E-state index is 10.9. The molecule has 0 aromatic heterocycles. The molecule has 0 aromatic carbocycles. The van der Waals surface area contributed by atoms with Gasteiger partial charge < -0.3 is 38.6 Å². The Bertz CT molecular complexity index is 206. The van der Waals surface area contributed by atoms with Gasteiger partial charge in [0.25, 0.3) is 0 Å². The minimum atomic E-state index is -0.602. The van der Waals surface area contributed by atoms with Crippen LogP contribution in [0.3, 0.4) is 0 Å². The van der Waals surface area contributed by atoms with E-state index in [1.165, 1.54) is 0 Å². The maximum absolute atomic E-state index is 10.9. The number of amides is 2. The number of hydrogen-bond donors (Lipinski definition) is 0. The topological polar surface area (TPSA) is 103 Å². The van der Waals surface area contributed by atoms with Crippen molar-refractivity contribution in [1.29, 1.82) is 0 Å². The van der Waals surface area contributed by atoms with E-state index in [1.54, 1.807) is 6.92 Å². The molecule has 0 aromatic rings. The van der Waals surface area contributed by atoms with Crippen LogP contribution in [0, 0.1) is 0 Å². The van der Waals surface area contributed by atoms with E-state index < -0.39 is 18.4 Å². The first-order chi connectivity index (χ1) is 7.10. The first-order valence-electron chi connectivity index (χ1n) is 3.92. The van der Waals surface area contributed by atoms with E-state index >= 15 is 0 Å². The monoisotopic (exact) mass is 314 g/mol. The van der Waals surface area contributed by atoms with Crippen molar-refractivity contribution >= 4 is 24.4 Å². The molecule has 15 heavy (non-hydrogen) atoms. The predicted molar refractivity (Wildman–Crippen MR) is 53.2 cm³/mol. The quantitative estimate of drug-likeness (QED) is 0.695. The Morgan fingerprint density at radius 2 is 1.93 bits per heavy atom. The minimum absolute atomic E-state index is 0.205. The van der Waals surface area contributed by atoms with Gasteiger partial charge in [-0.3, -0.25) is 0 Å². The van der Waals surface area contributed by atoms with E-state index in [9.17, 15) is 9.59 Å². The summed E-state index contributed by atoms with van der Waals surface area (Å²) >= 11 is 5.58. The molecule has 0 saturated carbocycles. The van der Waals surface area contributed by atoms with Gasteiger partial charge in [0.05, 0.1) is 0 Å². The Balaban J connectivity index is 0. The average Bonchev–Trinajstić information content (AvgIpc) is 2.28. The van der Waals surface area contributed by atoms with E-state index in [2.05, 4.69) is 23.3 Å². The van der Waals surface area contributed by atoms with Crippen LogP contribution >= 0.6 is 0 Å². The molecule has 0 heterocycles. The molecule has 0 radical (unpaired) electrons. The van der Waals surface area contributed by atoms with Crippen LogP contribution in [0.25, 0.3) is 16.4 Å². The fourth-order valence-corrected chi connectivity index (χ4v) is 0.610. The zero-order chi connectivity index (χ0) is 12.3. The Kier molecular flexibility index (Phi) is 13.4. The Morgan fingerprint density at radius 1 is 1.40 bits per heavy atom. The van der Waals surface area contributed by atoms with E-state index in [-0.39, 0.29) is 12.6 Å². The van der Waals surface area contributed by atoms with Gasteiger partial charge in [-0.05, 0) is 0 Å². The van der Waals surface area contributed by atoms with Gasteiger partial charge in [-0.15, -0.1) is 12.6 Å². The van der Waals surface area contributed by atoms with Crippen LogP contribution in [0.4, 0.5) is 0 Å². The van der Waals surface area contributed by atoms with Crippen LogP contribution in [0.1, 0.15) is 6.92 Å². The summed E-state index contributed by atoms with van der Waals surface area (Å²) in [6.45, 7) is 1.03. The molecular weight excluding hydrogens is 304 g/mol. The number of nitrogens with zero attached hydrogens (tertiary/aromatic N) is 2. The number of carbonyl (C=O) groups is 2. The normalized spacial score (nSPS) is 10.7. The summed E-state index contributed by atoms with van der Waals surface area (Å²) in [6.07, 6.45) is 0. The molecule has 0 bridgehead atoms. The van der Waals surface area contributed by atoms with Gasteiger partial charge in [-0.1, -0.05) is 13.5 Å². The molecule has 1 N–H and O–H groups in total. The molecule has 0 fully saturated rings. The van der Waals surface area contributed by atoms with Crippen LogP contribution in [-0.2, 0) is 44.6 Å². The molecule has 0 spiro atoms. The Hall–Kier alpha value is -0.301. The molecule has 8 heteroatoms. The number of nitrogens with one attached hydrogen (secondary N) is 1. The third-order valence-corrected chi connectivity index (χ3v) is 1.63. The molecule has 1 unspecified atom stereocenters. The Labute approximate surface area is 105 Å². The summed E-state index contributed by atoms with van der Waals surface area (Å²) in [4.78, 5) is 21.4. The van der Waals surface area contributed by atoms with Gasteiger partial charge in [-0.2, -0.15) is 5.75 Å². The fourth-order valence-electron chi connectivity index (χ4n) is 0.536. The SMILES string of the molecule is CC(C[S-])[N-]C(=O)C[N-]C(=O)C[NH-].[O]=[Tc+4]. The van der Waals surface area contributed by atoms with Crippen molar-refractivity contribution in [3.8, 4) is 0 Å². The molecule has 0 aliphatic heterocycles. The van der Waals surface area contributed by atoms with Gasteiger partial charge in [0.2, 0.25) is 0 Å². The summed E-state index contributed by atoms with van der Waals surface area (Å²) in [5, 5.41) is 6.98. The average molecular weight is 315 g/mol. The van der Waals surface area contributed by atoms with Crippen molar-refractivity contribution in [3.05, 3.63) is 16.4 Å². The third-order valence-electron chi connectivity index (χ3n) is 1.15. The van der Waals surface area contributed by atoms with Crippen molar-refractivity contribution in [2.24, 2.45) is 0 Å². The molecule has 0 aliphatic rings. The van der Waals surface area contributed by atoms with Crippen molar-refractivity contribution in [1.82, 2.24) is 0 Å². The fraction of sp³-hybridized carbons (Fsp3) is 0.714. The van der Waals surface area contributed by atoms with Gasteiger partial charge >= 0.3 is 22.4 Å². The number of hydrogen-bond acceptors (Lipinski definition) is 4. The molecule has 1 atom stereocenters. The second kappa shape index (κ2) is 11.8. The molecule has 85 valence electrons. The van der Waals surface area contributed by atoms with Crippen molar-refractivity contribution in [3.63, 3.8) is 0 Å². The number of rotatable bonds is 5. The van der Waals surface area contributed by atoms with Crippen LogP contribution in [-0.4, -0.2) is 36.7 Å². The molecule has 2 amide bonds. The second-order valence-corrected chi connectivity index (χ2v) is 2.76. The van der Waals surface area contributed by atoms with Crippen LogP contribution < -0.4 is 0 Å². The molecule has 6 nitrogen and oxygen atoms in total. The summed E-state index contributed by atoms with van der Waals surface area (Å²) in [6, 6.07) is -0.205. The van der Waals surface area contributed by atoms with Gasteiger partial charge in [0, 0.05) is 11.8 Å². The number of carbonyl (C=O) groups excluding carboxylic acids is 2. The van der Waals surface area contributed by atoms with Crippen molar-refractivity contribution < 1.29 is 31.9 Å². The van der Waals surface area contributed by atoms with Crippen molar-refractivity contribution in [2.75, 3.05) is 18.8 Å². The molecular formula is C7H11N3O3STc. The van der Waals surface area contributed by atoms with Crippen LogP contribution in [0.5, 0.6) is 0 Å². The zero-order valence-electron chi connectivity index (χ0n) is 8.10. The van der Waals surface area contributed by atoms with Gasteiger partial charge in [0.15, 0.2) is 0 Å². The Morgan fingerprint density at radius 3 is 2.33 bits per heavy atom. The standard InChI is InChI=1S/C7H14N3O2S.O.Tc/c1-5(4-13)10-7(12)3-9-6(11)2-8;;/h5,8H,2-4H2,1H3,(H3,9,10,11,12,13);;/q-1;;+4/p-3. The summed E-state index contributed by atoms with van der Waals surface area (Å²) in [5.74, 6) is -0.688. The molecule has 0 saturated heterocycles. The molecule has 0 rings (SSSR count). The van der Waals surface area contributed by atoms with E-state index in [0.717, 1.165) is 18.9 Å². The first kappa shape index (κ1) is 17.1. The third kappa shape index (κ3) is 11.6. The van der Waals surface area contributed by atoms with Gasteiger partial charge in [-0.25, -0.2) is 0 Å². The second-order valence-electron chi connectivity index (χ2n) is 2.43. The summed E-state index contributed by atoms with van der Waals surface area (Å²) in [5.41, 5.74) is 6.63.